The van der Waals surface area contributed by atoms with Crippen molar-refractivity contribution in [2.45, 2.75) is 20.3 Å². The van der Waals surface area contributed by atoms with E-state index in [-0.39, 0.29) is 12.3 Å². The van der Waals surface area contributed by atoms with Gasteiger partial charge in [-0.05, 0) is 12.8 Å². The molecule has 2 aromatic rings. The van der Waals surface area contributed by atoms with Crippen LogP contribution in [-0.4, -0.2) is 27.8 Å². The minimum atomic E-state index is -0.783. The number of nitrogens with one attached hydrogen (secondary N) is 1. The molecule has 0 aliphatic heterocycles. The summed E-state index contributed by atoms with van der Waals surface area (Å²) in [5, 5.41) is 22.3. The number of fused-ring (bicyclic) bond motifs is 1. The minimum Gasteiger partial charge on any atom is -0.481 e. The first-order valence-electron chi connectivity index (χ1n) is 6.25. The average Bonchev–Trinajstić information content (AvgIpc) is 2.37. The smallest absolute Gasteiger partial charge is 0.303 e. The molecule has 0 radical (unpaired) electrons. The molecule has 0 aliphatic carbocycles. The van der Waals surface area contributed by atoms with Gasteiger partial charge >= 0.3 is 5.97 Å². The molecule has 0 spiro atoms. The van der Waals surface area contributed by atoms with Crippen molar-refractivity contribution < 1.29 is 9.90 Å². The summed E-state index contributed by atoms with van der Waals surface area (Å²) < 4.78 is 0. The van der Waals surface area contributed by atoms with Crippen LogP contribution in [-0.2, 0) is 4.79 Å². The van der Waals surface area contributed by atoms with Gasteiger partial charge in [0.2, 0.25) is 0 Å². The van der Waals surface area contributed by atoms with Crippen LogP contribution >= 0.6 is 0 Å². The molecular formula is C14H17N3O2. The molecule has 1 atom stereocenters. The van der Waals surface area contributed by atoms with Gasteiger partial charge in [-0.2, -0.15) is 5.10 Å². The highest BCUT2D eigenvalue weighted by Gasteiger charge is 2.10. The molecule has 1 aromatic carbocycles. The fourth-order valence-electron chi connectivity index (χ4n) is 2.01. The number of hydrogen-bond donors (Lipinski definition) is 2. The Morgan fingerprint density at radius 3 is 2.68 bits per heavy atom. The lowest BCUT2D eigenvalue weighted by Gasteiger charge is -2.12. The summed E-state index contributed by atoms with van der Waals surface area (Å²) in [5.74, 6) is -0.0352. The first kappa shape index (κ1) is 13.3. The molecule has 0 saturated heterocycles. The largest absolute Gasteiger partial charge is 0.481 e. The molecule has 1 unspecified atom stereocenters. The molecule has 0 aliphatic rings. The van der Waals surface area contributed by atoms with Crippen LogP contribution in [0.15, 0.2) is 24.3 Å². The normalized spacial score (nSPS) is 12.3. The molecule has 1 aromatic heterocycles. The Kier molecular flexibility index (Phi) is 3.94. The van der Waals surface area contributed by atoms with Crippen molar-refractivity contribution in [2.24, 2.45) is 5.92 Å². The van der Waals surface area contributed by atoms with Gasteiger partial charge in [-0.15, -0.1) is 5.10 Å². The van der Waals surface area contributed by atoms with E-state index in [1.165, 1.54) is 0 Å². The molecule has 1 heterocycles. The van der Waals surface area contributed by atoms with Gasteiger partial charge in [0.1, 0.15) is 0 Å². The summed E-state index contributed by atoms with van der Waals surface area (Å²) >= 11 is 0. The molecule has 5 nitrogen and oxygen atoms in total. The highest BCUT2D eigenvalue weighted by Crippen LogP contribution is 2.22. The number of aryl methyl sites for hydroxylation is 1. The Balaban J connectivity index is 2.17. The number of rotatable bonds is 5. The Labute approximate surface area is 111 Å². The van der Waals surface area contributed by atoms with Crippen molar-refractivity contribution in [3.8, 4) is 0 Å². The lowest BCUT2D eigenvalue weighted by molar-refractivity contribution is -0.137. The molecule has 0 saturated carbocycles. The lowest BCUT2D eigenvalue weighted by atomic mass is 10.1. The van der Waals surface area contributed by atoms with Crippen LogP contribution in [0.5, 0.6) is 0 Å². The predicted octanol–water partition coefficient (Wildman–Crippen LogP) is 2.46. The molecule has 0 bridgehead atoms. The van der Waals surface area contributed by atoms with E-state index >= 15 is 0 Å². The number of benzene rings is 1. The molecule has 2 rings (SSSR count). The summed E-state index contributed by atoms with van der Waals surface area (Å²) in [6.07, 6.45) is 0.143. The van der Waals surface area contributed by atoms with Crippen molar-refractivity contribution in [2.75, 3.05) is 11.9 Å². The Bertz CT molecular complexity index is 598. The topological polar surface area (TPSA) is 75.1 Å². The SMILES string of the molecule is Cc1nnc(NCC(C)CC(=O)O)c2ccccc12. The summed E-state index contributed by atoms with van der Waals surface area (Å²) in [4.78, 5) is 10.6. The average molecular weight is 259 g/mol. The van der Waals surface area contributed by atoms with Gasteiger partial charge in [-0.25, -0.2) is 0 Å². The zero-order chi connectivity index (χ0) is 13.8. The monoisotopic (exact) mass is 259 g/mol. The number of aromatic nitrogens is 2. The van der Waals surface area contributed by atoms with Gasteiger partial charge < -0.3 is 10.4 Å². The third kappa shape index (κ3) is 3.19. The molecule has 0 amide bonds. The maximum absolute atomic E-state index is 10.6. The second-order valence-corrected chi connectivity index (χ2v) is 4.76. The third-order valence-electron chi connectivity index (χ3n) is 3.01. The summed E-state index contributed by atoms with van der Waals surface area (Å²) in [6, 6.07) is 7.91. The number of carboxylic acid groups (broad SMARTS) is 1. The number of hydrogen-bond acceptors (Lipinski definition) is 4. The van der Waals surface area contributed by atoms with Crippen molar-refractivity contribution >= 4 is 22.6 Å². The quantitative estimate of drug-likeness (QED) is 0.862. The second-order valence-electron chi connectivity index (χ2n) is 4.76. The highest BCUT2D eigenvalue weighted by molar-refractivity contribution is 5.92. The van der Waals surface area contributed by atoms with Crippen LogP contribution < -0.4 is 5.32 Å². The lowest BCUT2D eigenvalue weighted by Crippen LogP contribution is -2.16. The molecular weight excluding hydrogens is 242 g/mol. The first-order chi connectivity index (χ1) is 9.08. The summed E-state index contributed by atoms with van der Waals surface area (Å²) in [5.41, 5.74) is 0.889. The third-order valence-corrected chi connectivity index (χ3v) is 3.01. The van der Waals surface area contributed by atoms with E-state index in [1.54, 1.807) is 0 Å². The van der Waals surface area contributed by atoms with E-state index < -0.39 is 5.97 Å². The molecule has 5 heteroatoms. The first-order valence-corrected chi connectivity index (χ1v) is 6.25. The maximum atomic E-state index is 10.6. The van der Waals surface area contributed by atoms with Crippen LogP contribution in [0.25, 0.3) is 10.8 Å². The van der Waals surface area contributed by atoms with Crippen LogP contribution in [0.1, 0.15) is 19.0 Å². The summed E-state index contributed by atoms with van der Waals surface area (Å²) in [7, 11) is 0. The van der Waals surface area contributed by atoms with E-state index in [9.17, 15) is 4.79 Å². The zero-order valence-corrected chi connectivity index (χ0v) is 11.1. The fraction of sp³-hybridized carbons (Fsp3) is 0.357. The Morgan fingerprint density at radius 2 is 2.00 bits per heavy atom. The maximum Gasteiger partial charge on any atom is 0.303 e. The Morgan fingerprint density at radius 1 is 1.32 bits per heavy atom. The van der Waals surface area contributed by atoms with Gasteiger partial charge in [-0.3, -0.25) is 4.79 Å². The fourth-order valence-corrected chi connectivity index (χ4v) is 2.01. The van der Waals surface area contributed by atoms with E-state index in [4.69, 9.17) is 5.11 Å². The van der Waals surface area contributed by atoms with Crippen molar-refractivity contribution in [1.82, 2.24) is 10.2 Å². The van der Waals surface area contributed by atoms with Gasteiger partial charge in [0.15, 0.2) is 5.82 Å². The molecule has 2 N–H and O–H groups in total. The number of aliphatic carboxylic acids is 1. The van der Waals surface area contributed by atoms with E-state index in [0.717, 1.165) is 16.5 Å². The number of carboxylic acids is 1. The van der Waals surface area contributed by atoms with E-state index in [2.05, 4.69) is 15.5 Å². The molecule has 0 fully saturated rings. The van der Waals surface area contributed by atoms with Gasteiger partial charge in [-0.1, -0.05) is 31.2 Å². The van der Waals surface area contributed by atoms with Crippen molar-refractivity contribution in [3.63, 3.8) is 0 Å². The van der Waals surface area contributed by atoms with Crippen molar-refractivity contribution in [3.05, 3.63) is 30.0 Å². The standard InChI is InChI=1S/C14H17N3O2/c1-9(7-13(18)19)8-15-14-12-6-4-3-5-11(12)10(2)16-17-14/h3-6,9H,7-8H2,1-2H3,(H,15,17)(H,18,19). The van der Waals surface area contributed by atoms with Crippen molar-refractivity contribution in [1.29, 1.82) is 0 Å². The number of carbonyl (C=O) groups is 1. The van der Waals surface area contributed by atoms with E-state index in [1.807, 2.05) is 38.1 Å². The second kappa shape index (κ2) is 5.65. The number of nitrogens with zero attached hydrogens (tertiary/aromatic N) is 2. The van der Waals surface area contributed by atoms with Crippen LogP contribution in [0.2, 0.25) is 0 Å². The van der Waals surface area contributed by atoms with Crippen LogP contribution in [0, 0.1) is 12.8 Å². The Hall–Kier alpha value is -2.17. The molecule has 19 heavy (non-hydrogen) atoms. The predicted molar refractivity (Wildman–Crippen MR) is 74.2 cm³/mol. The minimum absolute atomic E-state index is 0.0411. The van der Waals surface area contributed by atoms with Crippen LogP contribution in [0.3, 0.4) is 0 Å². The van der Waals surface area contributed by atoms with Gasteiger partial charge in [0, 0.05) is 23.7 Å². The van der Waals surface area contributed by atoms with Gasteiger partial charge in [0.25, 0.3) is 0 Å². The van der Waals surface area contributed by atoms with Crippen LogP contribution in [0.4, 0.5) is 5.82 Å². The zero-order valence-electron chi connectivity index (χ0n) is 11.1. The van der Waals surface area contributed by atoms with Gasteiger partial charge in [0.05, 0.1) is 5.69 Å². The number of anilines is 1. The highest BCUT2D eigenvalue weighted by atomic mass is 16.4. The van der Waals surface area contributed by atoms with E-state index in [0.29, 0.717) is 12.4 Å². The molecule has 100 valence electrons. The summed E-state index contributed by atoms with van der Waals surface area (Å²) in [6.45, 7) is 4.38.